The van der Waals surface area contributed by atoms with Gasteiger partial charge in [0.1, 0.15) is 0 Å². The highest BCUT2D eigenvalue weighted by molar-refractivity contribution is 6.79. The second-order valence-corrected chi connectivity index (χ2v) is 34.2. The zero-order valence-corrected chi connectivity index (χ0v) is 58.5. The van der Waals surface area contributed by atoms with E-state index in [-0.39, 0.29) is 41.9 Å². The minimum atomic E-state index is -1.44. The standard InChI is InChI=1S/C15H14N2O.C10H12N2O.C9H22N2OSi2.C7H14N2O.C7H10N2O.C6H12N2O.C5H10N2O.C5H8N2O/c18-15-16(13-7-3-1-4-8-13)11-12-17(15)14-9-5-2-6-10-14;1-11-7-8-12(10(11)13)9-5-3-2-4-6-9;1-13(2,3)10-7-8-11(9(10)12)14(4,5)6;2*1-3-8-5-6-9(4-2)7(8)10;1-5-4-7(2)6(9)8(5)3;2*1-6-3-4-7(2)5(6)8/h1-10H,11-12H2;2-6H,7-8H2,1H3;7-8H2,1-6H3;3-6H2,1-2H3;3-4H,1-2,5-6H2;5H,4H2,1-3H3;3-4H2,1-2H3;3-4H,1-2H3. The van der Waals surface area contributed by atoms with Crippen LogP contribution in [0.25, 0.3) is 0 Å². The summed E-state index contributed by atoms with van der Waals surface area (Å²) in [7, 11) is 9.66. The molecule has 24 nitrogen and oxygen atoms in total. The van der Waals surface area contributed by atoms with Crippen LogP contribution in [-0.4, -0.2) is 261 Å². The highest BCUT2D eigenvalue weighted by Gasteiger charge is 2.42. The number of hydrogen-bond donors (Lipinski definition) is 0. The van der Waals surface area contributed by atoms with Crippen LogP contribution in [0.5, 0.6) is 0 Å². The number of carbonyl (C=O) groups excluding carboxylic acids is 7. The Labute approximate surface area is 537 Å². The normalized spacial score (nSPS) is 18.0. The molecule has 8 heterocycles. The van der Waals surface area contributed by atoms with Crippen LogP contribution in [0.2, 0.25) is 39.3 Å². The molecule has 0 N–H and O–H groups in total. The second kappa shape index (κ2) is 34.4. The van der Waals surface area contributed by atoms with Crippen molar-refractivity contribution in [3.05, 3.63) is 139 Å². The molecule has 7 aliphatic heterocycles. The van der Waals surface area contributed by atoms with E-state index in [4.69, 9.17) is 0 Å². The predicted octanol–water partition coefficient (Wildman–Crippen LogP) is 8.94. The average Bonchev–Trinajstić information content (AvgIpc) is 3.05. The van der Waals surface area contributed by atoms with Crippen LogP contribution in [0.1, 0.15) is 20.8 Å². The molecule has 0 saturated carbocycles. The van der Waals surface area contributed by atoms with E-state index in [0.29, 0.717) is 25.2 Å². The maximum atomic E-state index is 12.4. The van der Waals surface area contributed by atoms with Gasteiger partial charge in [0.2, 0.25) is 0 Å². The fourth-order valence-electron chi connectivity index (χ4n) is 10.1. The topological polar surface area (TPSA) is 192 Å². The van der Waals surface area contributed by atoms with Gasteiger partial charge >= 0.3 is 47.9 Å². The molecule has 3 aromatic carbocycles. The van der Waals surface area contributed by atoms with Gasteiger partial charge < -0.3 is 52.6 Å². The number of rotatable bonds is 9. The lowest BCUT2D eigenvalue weighted by atomic mass is 10.3. The quantitative estimate of drug-likeness (QED) is 0.148. The lowest BCUT2D eigenvalue weighted by Crippen LogP contribution is -2.53. The van der Waals surface area contributed by atoms with Crippen molar-refractivity contribution in [2.75, 3.05) is 148 Å². The Kier molecular flexibility index (Phi) is 28.3. The largest absolute Gasteiger partial charge is 0.351 e. The minimum absolute atomic E-state index is 0.0185. The fraction of sp³-hybridized carbons (Fsp3) is 0.500. The summed E-state index contributed by atoms with van der Waals surface area (Å²) >= 11 is 0. The molecule has 11 rings (SSSR count). The van der Waals surface area contributed by atoms with Crippen molar-refractivity contribution in [1.82, 2.24) is 62.4 Å². The minimum Gasteiger partial charge on any atom is -0.351 e. The number of carbonyl (C=O) groups is 7. The van der Waals surface area contributed by atoms with Gasteiger partial charge in [-0.3, -0.25) is 29.3 Å². The van der Waals surface area contributed by atoms with E-state index in [0.717, 1.165) is 102 Å². The molecule has 0 radical (unpaired) electrons. The van der Waals surface area contributed by atoms with Crippen LogP contribution in [0.3, 0.4) is 0 Å². The summed E-state index contributed by atoms with van der Waals surface area (Å²) in [6.07, 6.45) is 6.52. The van der Waals surface area contributed by atoms with Gasteiger partial charge in [0.05, 0.1) is 0 Å². The fourth-order valence-corrected chi connectivity index (χ4v) is 13.1. The smallest absolute Gasteiger partial charge is 0.329 e. The summed E-state index contributed by atoms with van der Waals surface area (Å²) in [6.45, 7) is 39.0. The number of hydrogen-bond acceptors (Lipinski definition) is 8. The Hall–Kier alpha value is -8.53. The number of anilines is 3. The Morgan fingerprint density at radius 3 is 0.956 bits per heavy atom. The molecule has 0 bridgehead atoms. The molecule has 0 spiro atoms. The Morgan fingerprint density at radius 1 is 0.400 bits per heavy atom. The first kappa shape index (κ1) is 73.9. The number of aromatic nitrogens is 2. The van der Waals surface area contributed by atoms with Gasteiger partial charge in [-0.05, 0) is 57.2 Å². The molecule has 1 unspecified atom stereocenters. The number of aryl methyl sites for hydroxylation is 2. The summed E-state index contributed by atoms with van der Waals surface area (Å²) in [6, 6.07) is 30.6. The number of para-hydroxylation sites is 3. The SMILES string of the molecule is C=CN1CCN(C=C)C1=O.CC1CN(C)C(=O)N1C.CCN1CCN(CC)C1=O.CN1CCN(C)C1=O.CN1CCN(c2ccccc2)C1=O.C[Si](C)(C)N1CCN([Si](C)(C)C)C1=O.Cn1ccn(C)c1=O.O=C1N(c2ccccc2)CCN1c1ccccc1. The number of benzene rings is 3. The van der Waals surface area contributed by atoms with Crippen molar-refractivity contribution >= 4 is 75.8 Å². The Bertz CT molecular complexity index is 2910. The number of nitrogens with zero attached hydrogens (tertiary/aromatic N) is 16. The third-order valence-corrected chi connectivity index (χ3v) is 20.0. The number of urea groups is 7. The summed E-state index contributed by atoms with van der Waals surface area (Å²) in [4.78, 5) is 112. The van der Waals surface area contributed by atoms with Gasteiger partial charge in [0.25, 0.3) is 0 Å². The zero-order valence-electron chi connectivity index (χ0n) is 56.5. The third kappa shape index (κ3) is 20.5. The van der Waals surface area contributed by atoms with Crippen molar-refractivity contribution in [1.29, 1.82) is 0 Å². The van der Waals surface area contributed by atoms with Crippen LogP contribution in [-0.2, 0) is 14.1 Å². The van der Waals surface area contributed by atoms with Crippen LogP contribution < -0.4 is 20.4 Å². The molecule has 7 aliphatic rings. The van der Waals surface area contributed by atoms with Crippen molar-refractivity contribution in [3.63, 3.8) is 0 Å². The Morgan fingerprint density at radius 2 is 0.744 bits per heavy atom. The summed E-state index contributed by atoms with van der Waals surface area (Å²) in [5.74, 6) is 0. The van der Waals surface area contributed by atoms with Gasteiger partial charge in [-0.2, -0.15) is 0 Å². The molecule has 7 fully saturated rings. The monoisotopic (exact) mass is 1280 g/mol. The molecular formula is C64H102N16O8Si2. The Balaban J connectivity index is 0.000000223. The number of imidazole rings is 1. The molecule has 1 atom stereocenters. The molecule has 1 aromatic heterocycles. The third-order valence-electron chi connectivity index (χ3n) is 15.9. The van der Waals surface area contributed by atoms with Crippen molar-refractivity contribution < 1.29 is 33.6 Å². The van der Waals surface area contributed by atoms with E-state index < -0.39 is 16.5 Å². The van der Waals surface area contributed by atoms with Gasteiger partial charge in [-0.1, -0.05) is 107 Å². The first-order valence-electron chi connectivity index (χ1n) is 30.8. The maximum absolute atomic E-state index is 12.4. The highest BCUT2D eigenvalue weighted by Crippen LogP contribution is 2.26. The van der Waals surface area contributed by atoms with Gasteiger partial charge in [0.15, 0.2) is 16.5 Å². The molecule has 7 saturated heterocycles. The summed E-state index contributed by atoms with van der Waals surface area (Å²) < 4.78 is 7.29. The zero-order chi connectivity index (χ0) is 67.2. The van der Waals surface area contributed by atoms with Gasteiger partial charge in [0, 0.05) is 195 Å². The second-order valence-electron chi connectivity index (χ2n) is 24.4. The van der Waals surface area contributed by atoms with Crippen molar-refractivity contribution in [2.24, 2.45) is 14.1 Å². The van der Waals surface area contributed by atoms with E-state index in [1.165, 1.54) is 21.5 Å². The molecule has 494 valence electrons. The van der Waals surface area contributed by atoms with Crippen molar-refractivity contribution in [2.45, 2.75) is 66.1 Å². The van der Waals surface area contributed by atoms with Crippen LogP contribution in [0, 0.1) is 0 Å². The van der Waals surface area contributed by atoms with E-state index in [1.54, 1.807) is 65.7 Å². The molecule has 4 aromatic rings. The lowest BCUT2D eigenvalue weighted by Gasteiger charge is -2.33. The summed E-state index contributed by atoms with van der Waals surface area (Å²) in [5.41, 5.74) is 2.92. The van der Waals surface area contributed by atoms with E-state index in [9.17, 15) is 38.4 Å². The highest BCUT2D eigenvalue weighted by atomic mass is 28.3. The van der Waals surface area contributed by atoms with Gasteiger partial charge in [-0.25, -0.2) is 33.6 Å². The molecule has 26 heteroatoms. The van der Waals surface area contributed by atoms with Gasteiger partial charge in [-0.15, -0.1) is 0 Å². The molecule has 0 aliphatic carbocycles. The lowest BCUT2D eigenvalue weighted by molar-refractivity contribution is 0.195. The van der Waals surface area contributed by atoms with Crippen LogP contribution in [0.15, 0.2) is 134 Å². The van der Waals surface area contributed by atoms with E-state index >= 15 is 0 Å². The van der Waals surface area contributed by atoms with Crippen LogP contribution in [0.4, 0.5) is 50.6 Å². The predicted molar refractivity (Wildman–Crippen MR) is 366 cm³/mol. The first-order valence-corrected chi connectivity index (χ1v) is 37.7. The van der Waals surface area contributed by atoms with E-state index in [1.807, 2.05) is 167 Å². The van der Waals surface area contributed by atoms with E-state index in [2.05, 4.69) is 61.6 Å². The molecule has 90 heavy (non-hydrogen) atoms. The maximum Gasteiger partial charge on any atom is 0.329 e. The summed E-state index contributed by atoms with van der Waals surface area (Å²) in [5, 5.41) is 0. The average molecular weight is 1280 g/mol. The van der Waals surface area contributed by atoms with Crippen molar-refractivity contribution in [3.8, 4) is 0 Å². The molecule has 14 amide bonds. The first-order chi connectivity index (χ1) is 42.4. The molecular weight excluding hydrogens is 1180 g/mol. The number of amides is 14. The number of likely N-dealkylation sites (N-methyl/N-ethyl adjacent to an activating group) is 7. The van der Waals surface area contributed by atoms with Crippen LogP contribution >= 0.6 is 0 Å².